The van der Waals surface area contributed by atoms with Gasteiger partial charge in [-0.15, -0.1) is 0 Å². The van der Waals surface area contributed by atoms with E-state index in [-0.39, 0.29) is 17.9 Å². The molecule has 5 rings (SSSR count). The summed E-state index contributed by atoms with van der Waals surface area (Å²) in [6, 6.07) is 13.1. The number of aromatic amines is 1. The number of amides is 2. The lowest BCUT2D eigenvalue weighted by Gasteiger charge is -2.29. The Morgan fingerprint density at radius 3 is 2.44 bits per heavy atom. The lowest BCUT2D eigenvalue weighted by atomic mass is 9.90. The number of hydrogen-bond acceptors (Lipinski definition) is 2. The van der Waals surface area contributed by atoms with Crippen molar-refractivity contribution in [2.75, 3.05) is 0 Å². The van der Waals surface area contributed by atoms with Crippen LogP contribution in [0, 0.1) is 0 Å². The first-order valence-corrected chi connectivity index (χ1v) is 9.19. The second kappa shape index (κ2) is 5.30. The van der Waals surface area contributed by atoms with Gasteiger partial charge in [-0.1, -0.05) is 34.1 Å². The third-order valence-electron chi connectivity index (χ3n) is 5.32. The van der Waals surface area contributed by atoms with Gasteiger partial charge in [0.05, 0.1) is 11.1 Å². The molecule has 25 heavy (non-hydrogen) atoms. The van der Waals surface area contributed by atoms with Crippen LogP contribution in [0.1, 0.15) is 38.4 Å². The zero-order valence-corrected chi connectivity index (χ0v) is 15.0. The maximum Gasteiger partial charge on any atom is 0.261 e. The van der Waals surface area contributed by atoms with Gasteiger partial charge in [0.15, 0.2) is 0 Å². The first-order valence-electron chi connectivity index (χ1n) is 8.40. The van der Waals surface area contributed by atoms with Gasteiger partial charge in [-0.2, -0.15) is 0 Å². The van der Waals surface area contributed by atoms with Crippen molar-refractivity contribution in [3.63, 3.8) is 0 Å². The summed E-state index contributed by atoms with van der Waals surface area (Å²) in [5.41, 5.74) is 4.59. The number of carbonyl (C=O) groups is 2. The second-order valence-corrected chi connectivity index (χ2v) is 7.52. The van der Waals surface area contributed by atoms with E-state index in [0.29, 0.717) is 17.5 Å². The van der Waals surface area contributed by atoms with Crippen molar-refractivity contribution in [2.45, 2.75) is 25.3 Å². The zero-order valence-electron chi connectivity index (χ0n) is 13.4. The van der Waals surface area contributed by atoms with E-state index in [4.69, 9.17) is 0 Å². The van der Waals surface area contributed by atoms with Crippen LogP contribution in [-0.4, -0.2) is 27.7 Å². The molecule has 2 amide bonds. The highest BCUT2D eigenvalue weighted by Crippen LogP contribution is 2.37. The maximum atomic E-state index is 12.8. The largest absolute Gasteiger partial charge is 0.358 e. The molecule has 1 unspecified atom stereocenters. The van der Waals surface area contributed by atoms with Crippen molar-refractivity contribution in [2.24, 2.45) is 0 Å². The van der Waals surface area contributed by atoms with E-state index in [1.165, 1.54) is 21.5 Å². The highest BCUT2D eigenvalue weighted by Gasteiger charge is 2.41. The molecule has 0 bridgehead atoms. The summed E-state index contributed by atoms with van der Waals surface area (Å²) < 4.78 is 1.05. The average Bonchev–Trinajstić information content (AvgIpc) is 3.11. The normalized spacial score (nSPS) is 19.4. The number of carbonyl (C=O) groups excluding carboxylic acids is 2. The number of nitrogens with one attached hydrogen (secondary N) is 1. The van der Waals surface area contributed by atoms with E-state index < -0.39 is 0 Å². The minimum atomic E-state index is -0.159. The molecule has 0 saturated heterocycles. The standard InChI is InChI=1S/C20H15BrN2O2/c21-15-6-3-7-17-18(15)14-10-11(8-9-16(14)22-17)23-19(24)12-4-1-2-5-13(12)20(23)25/h1-7,11,22H,8-10H2. The molecule has 0 spiro atoms. The van der Waals surface area contributed by atoms with Crippen LogP contribution in [0.5, 0.6) is 0 Å². The number of halogens is 1. The molecule has 0 radical (unpaired) electrons. The van der Waals surface area contributed by atoms with Gasteiger partial charge in [0.25, 0.3) is 11.8 Å². The fourth-order valence-corrected chi connectivity index (χ4v) is 4.78. The van der Waals surface area contributed by atoms with Crippen molar-refractivity contribution in [3.8, 4) is 0 Å². The highest BCUT2D eigenvalue weighted by atomic mass is 79.9. The van der Waals surface area contributed by atoms with Crippen molar-refractivity contribution in [1.29, 1.82) is 0 Å². The number of fused-ring (bicyclic) bond motifs is 4. The summed E-state index contributed by atoms with van der Waals surface area (Å²) in [4.78, 5) is 30.5. The Balaban J connectivity index is 1.56. The Bertz CT molecular complexity index is 1020. The molecule has 2 heterocycles. The summed E-state index contributed by atoms with van der Waals surface area (Å²) in [5.74, 6) is -0.319. The molecule has 2 aromatic carbocycles. The molecule has 1 aliphatic carbocycles. The molecule has 124 valence electrons. The maximum absolute atomic E-state index is 12.8. The topological polar surface area (TPSA) is 53.2 Å². The van der Waals surface area contributed by atoms with Crippen LogP contribution in [0.4, 0.5) is 0 Å². The van der Waals surface area contributed by atoms with Gasteiger partial charge >= 0.3 is 0 Å². The number of benzene rings is 2. The summed E-state index contributed by atoms with van der Waals surface area (Å²) in [6.45, 7) is 0. The van der Waals surface area contributed by atoms with Crippen molar-refractivity contribution >= 4 is 38.6 Å². The van der Waals surface area contributed by atoms with Crippen molar-refractivity contribution < 1.29 is 9.59 Å². The van der Waals surface area contributed by atoms with Crippen LogP contribution in [0.3, 0.4) is 0 Å². The van der Waals surface area contributed by atoms with Crippen molar-refractivity contribution in [1.82, 2.24) is 9.88 Å². The van der Waals surface area contributed by atoms with Gasteiger partial charge in [-0.3, -0.25) is 14.5 Å². The van der Waals surface area contributed by atoms with Crippen LogP contribution in [0.15, 0.2) is 46.9 Å². The first-order chi connectivity index (χ1) is 12.1. The number of aromatic nitrogens is 1. The third kappa shape index (κ3) is 2.05. The lowest BCUT2D eigenvalue weighted by Crippen LogP contribution is -2.43. The molecule has 2 aliphatic rings. The molecule has 1 aromatic heterocycles. The molecule has 1 atom stereocenters. The van der Waals surface area contributed by atoms with E-state index in [0.717, 1.165) is 22.8 Å². The molecular formula is C20H15BrN2O2. The Kier molecular flexibility index (Phi) is 3.16. The number of rotatable bonds is 1. The summed E-state index contributed by atoms with van der Waals surface area (Å²) in [5, 5.41) is 1.17. The molecule has 5 heteroatoms. The van der Waals surface area contributed by atoms with Gasteiger partial charge in [-0.25, -0.2) is 0 Å². The van der Waals surface area contributed by atoms with Gasteiger partial charge in [0.1, 0.15) is 0 Å². The fourth-order valence-electron chi connectivity index (χ4n) is 4.17. The molecule has 1 aliphatic heterocycles. The number of H-pyrrole nitrogens is 1. The summed E-state index contributed by atoms with van der Waals surface area (Å²) in [7, 11) is 0. The molecular weight excluding hydrogens is 380 g/mol. The zero-order chi connectivity index (χ0) is 17.1. The Morgan fingerprint density at radius 2 is 1.72 bits per heavy atom. The fraction of sp³-hybridized carbons (Fsp3) is 0.200. The monoisotopic (exact) mass is 394 g/mol. The van der Waals surface area contributed by atoms with E-state index in [2.05, 4.69) is 27.0 Å². The van der Waals surface area contributed by atoms with Crippen LogP contribution in [0.2, 0.25) is 0 Å². The molecule has 4 nitrogen and oxygen atoms in total. The van der Waals surface area contributed by atoms with E-state index in [1.54, 1.807) is 12.1 Å². The van der Waals surface area contributed by atoms with E-state index in [9.17, 15) is 9.59 Å². The molecule has 0 saturated carbocycles. The van der Waals surface area contributed by atoms with Crippen molar-refractivity contribution in [3.05, 3.63) is 69.3 Å². The van der Waals surface area contributed by atoms with Gasteiger partial charge in [0, 0.05) is 27.1 Å². The Hall–Kier alpha value is -2.40. The first kappa shape index (κ1) is 14.9. The quantitative estimate of drug-likeness (QED) is 0.632. The minimum absolute atomic E-state index is 0.0917. The van der Waals surface area contributed by atoms with Crippen LogP contribution >= 0.6 is 15.9 Å². The number of aryl methyl sites for hydroxylation is 1. The summed E-state index contributed by atoms with van der Waals surface area (Å²) >= 11 is 3.64. The van der Waals surface area contributed by atoms with Gasteiger partial charge in [0.2, 0.25) is 0 Å². The van der Waals surface area contributed by atoms with Gasteiger partial charge in [-0.05, 0) is 49.1 Å². The summed E-state index contributed by atoms with van der Waals surface area (Å²) in [6.07, 6.45) is 2.33. The average molecular weight is 395 g/mol. The minimum Gasteiger partial charge on any atom is -0.358 e. The Morgan fingerprint density at radius 1 is 1.00 bits per heavy atom. The molecule has 1 N–H and O–H groups in total. The molecule has 0 fully saturated rings. The van der Waals surface area contributed by atoms with Crippen LogP contribution in [0.25, 0.3) is 10.9 Å². The third-order valence-corrected chi connectivity index (χ3v) is 5.98. The van der Waals surface area contributed by atoms with E-state index in [1.807, 2.05) is 24.3 Å². The second-order valence-electron chi connectivity index (χ2n) is 6.67. The van der Waals surface area contributed by atoms with Gasteiger partial charge < -0.3 is 4.98 Å². The van der Waals surface area contributed by atoms with Crippen LogP contribution in [-0.2, 0) is 12.8 Å². The highest BCUT2D eigenvalue weighted by molar-refractivity contribution is 9.10. The smallest absolute Gasteiger partial charge is 0.261 e. The number of imide groups is 1. The SMILES string of the molecule is O=C1c2ccccc2C(=O)N1C1CCc2[nH]c3cccc(Br)c3c2C1. The predicted octanol–water partition coefficient (Wildman–Crippen LogP) is 4.08. The Labute approximate surface area is 153 Å². The molecule has 3 aromatic rings. The van der Waals surface area contributed by atoms with Crippen LogP contribution < -0.4 is 0 Å². The van der Waals surface area contributed by atoms with E-state index >= 15 is 0 Å². The lowest BCUT2D eigenvalue weighted by molar-refractivity contribution is 0.0571. The number of hydrogen-bond donors (Lipinski definition) is 1. The number of nitrogens with zero attached hydrogens (tertiary/aromatic N) is 1. The predicted molar refractivity (Wildman–Crippen MR) is 98.8 cm³/mol.